The molecule has 1 fully saturated rings. The van der Waals surface area contributed by atoms with Gasteiger partial charge in [0, 0.05) is 12.3 Å². The van der Waals surface area contributed by atoms with E-state index < -0.39 is 9.84 Å². The summed E-state index contributed by atoms with van der Waals surface area (Å²) in [6.45, 7) is 0. The lowest BCUT2D eigenvalue weighted by molar-refractivity contribution is 0.471. The Morgan fingerprint density at radius 3 is 2.21 bits per heavy atom. The van der Waals surface area contributed by atoms with Crippen LogP contribution in [0.2, 0.25) is 0 Å². The quantitative estimate of drug-likeness (QED) is 0.920. The van der Waals surface area contributed by atoms with Crippen LogP contribution in [0, 0.1) is 0 Å². The van der Waals surface area contributed by atoms with Gasteiger partial charge in [0.1, 0.15) is 0 Å². The Morgan fingerprint density at radius 2 is 1.58 bits per heavy atom. The lowest BCUT2D eigenvalue weighted by Crippen LogP contribution is -2.21. The fourth-order valence-corrected chi connectivity index (χ4v) is 3.58. The molecule has 0 atom stereocenters. The Bertz CT molecular complexity index is 503. The summed E-state index contributed by atoms with van der Waals surface area (Å²) >= 11 is 0. The number of benzene rings is 1. The molecule has 106 valence electrons. The van der Waals surface area contributed by atoms with Crippen molar-refractivity contribution in [2.75, 3.05) is 11.6 Å². The highest BCUT2D eigenvalue weighted by Crippen LogP contribution is 2.25. The molecule has 0 amide bonds. The third kappa shape index (κ3) is 4.23. The first-order chi connectivity index (χ1) is 9.07. The zero-order chi connectivity index (χ0) is 13.7. The second kappa shape index (κ2) is 6.42. The van der Waals surface area contributed by atoms with E-state index in [2.05, 4.69) is 5.32 Å². The first kappa shape index (κ1) is 14.4. The molecule has 1 aromatic carbocycles. The van der Waals surface area contributed by atoms with Gasteiger partial charge in [0.25, 0.3) is 0 Å². The molecule has 3 nitrogen and oxygen atoms in total. The molecule has 1 aromatic rings. The third-order valence-corrected chi connectivity index (χ3v) is 4.91. The molecule has 0 radical (unpaired) electrons. The van der Waals surface area contributed by atoms with Gasteiger partial charge >= 0.3 is 0 Å². The highest BCUT2D eigenvalue weighted by atomic mass is 32.2. The summed E-state index contributed by atoms with van der Waals surface area (Å²) < 4.78 is 23.6. The standard InChI is InChI=1S/C15H23NO2S/c1-19(17,18)15-12-8-7-11-14(15)16-13-9-5-3-2-4-6-10-13/h7-8,11-13,16H,2-6,9-10H2,1H3. The molecule has 2 rings (SSSR count). The molecule has 0 aliphatic heterocycles. The number of hydrogen-bond donors (Lipinski definition) is 1. The van der Waals surface area contributed by atoms with Gasteiger partial charge in [-0.15, -0.1) is 0 Å². The van der Waals surface area contributed by atoms with Crippen molar-refractivity contribution in [1.82, 2.24) is 0 Å². The van der Waals surface area contributed by atoms with Gasteiger partial charge in [0.05, 0.1) is 10.6 Å². The van der Waals surface area contributed by atoms with Crippen LogP contribution in [0.4, 0.5) is 5.69 Å². The second-order valence-electron chi connectivity index (χ2n) is 5.45. The number of rotatable bonds is 3. The predicted octanol–water partition coefficient (Wildman–Crippen LogP) is 3.61. The summed E-state index contributed by atoms with van der Waals surface area (Å²) in [6, 6.07) is 7.62. The summed E-state index contributed by atoms with van der Waals surface area (Å²) in [6.07, 6.45) is 9.95. The molecule has 0 unspecified atom stereocenters. The van der Waals surface area contributed by atoms with Gasteiger partial charge < -0.3 is 5.32 Å². The van der Waals surface area contributed by atoms with Gasteiger partial charge in [0.15, 0.2) is 9.84 Å². The van der Waals surface area contributed by atoms with E-state index in [4.69, 9.17) is 0 Å². The minimum atomic E-state index is -3.16. The van der Waals surface area contributed by atoms with Crippen molar-refractivity contribution in [2.24, 2.45) is 0 Å². The summed E-state index contributed by atoms with van der Waals surface area (Å²) in [5, 5.41) is 3.44. The fraction of sp³-hybridized carbons (Fsp3) is 0.600. The Balaban J connectivity index is 2.13. The van der Waals surface area contributed by atoms with Crippen molar-refractivity contribution >= 4 is 15.5 Å². The minimum Gasteiger partial charge on any atom is -0.381 e. The maximum absolute atomic E-state index is 11.8. The molecule has 1 saturated carbocycles. The average molecular weight is 281 g/mol. The van der Waals surface area contributed by atoms with Crippen LogP contribution in [-0.4, -0.2) is 20.7 Å². The summed E-state index contributed by atoms with van der Waals surface area (Å²) in [4.78, 5) is 0.414. The average Bonchev–Trinajstić information content (AvgIpc) is 2.32. The van der Waals surface area contributed by atoms with E-state index in [0.29, 0.717) is 10.9 Å². The van der Waals surface area contributed by atoms with Crippen LogP contribution in [-0.2, 0) is 9.84 Å². The van der Waals surface area contributed by atoms with Crippen molar-refractivity contribution in [3.05, 3.63) is 24.3 Å². The highest BCUT2D eigenvalue weighted by molar-refractivity contribution is 7.90. The largest absolute Gasteiger partial charge is 0.381 e. The SMILES string of the molecule is CS(=O)(=O)c1ccccc1NC1CCCCCCC1. The van der Waals surface area contributed by atoms with E-state index in [-0.39, 0.29) is 0 Å². The monoisotopic (exact) mass is 281 g/mol. The lowest BCUT2D eigenvalue weighted by Gasteiger charge is -2.23. The Morgan fingerprint density at radius 1 is 1.00 bits per heavy atom. The van der Waals surface area contributed by atoms with Crippen LogP contribution >= 0.6 is 0 Å². The molecule has 1 N–H and O–H groups in total. The van der Waals surface area contributed by atoms with Crippen LogP contribution < -0.4 is 5.32 Å². The molecular formula is C15H23NO2S. The van der Waals surface area contributed by atoms with Crippen molar-refractivity contribution in [3.63, 3.8) is 0 Å². The van der Waals surface area contributed by atoms with E-state index in [0.717, 1.165) is 18.5 Å². The maximum atomic E-state index is 11.8. The topological polar surface area (TPSA) is 46.2 Å². The van der Waals surface area contributed by atoms with Crippen LogP contribution in [0.1, 0.15) is 44.9 Å². The third-order valence-electron chi connectivity index (χ3n) is 3.75. The smallest absolute Gasteiger partial charge is 0.177 e. The molecule has 1 aliphatic carbocycles. The molecule has 0 spiro atoms. The molecule has 0 bridgehead atoms. The zero-order valence-corrected chi connectivity index (χ0v) is 12.4. The van der Waals surface area contributed by atoms with E-state index >= 15 is 0 Å². The molecule has 19 heavy (non-hydrogen) atoms. The summed E-state index contributed by atoms with van der Waals surface area (Å²) in [7, 11) is -3.16. The van der Waals surface area contributed by atoms with E-state index in [1.807, 2.05) is 12.1 Å². The number of nitrogens with one attached hydrogen (secondary N) is 1. The number of hydrogen-bond acceptors (Lipinski definition) is 3. The summed E-state index contributed by atoms with van der Waals surface area (Å²) in [5.41, 5.74) is 0.760. The van der Waals surface area contributed by atoms with Crippen LogP contribution in [0.25, 0.3) is 0 Å². The lowest BCUT2D eigenvalue weighted by atomic mass is 9.96. The van der Waals surface area contributed by atoms with Crippen molar-refractivity contribution < 1.29 is 8.42 Å². The Hall–Kier alpha value is -1.03. The second-order valence-corrected chi connectivity index (χ2v) is 7.44. The summed E-state index contributed by atoms with van der Waals surface area (Å²) in [5.74, 6) is 0. The van der Waals surface area contributed by atoms with Crippen LogP contribution in [0.3, 0.4) is 0 Å². The van der Waals surface area contributed by atoms with Gasteiger partial charge in [-0.05, 0) is 25.0 Å². The van der Waals surface area contributed by atoms with Crippen LogP contribution in [0.15, 0.2) is 29.2 Å². The van der Waals surface area contributed by atoms with Gasteiger partial charge in [0.2, 0.25) is 0 Å². The van der Waals surface area contributed by atoms with Crippen LogP contribution in [0.5, 0.6) is 0 Å². The molecule has 1 aliphatic rings. The number of anilines is 1. The van der Waals surface area contributed by atoms with Crippen molar-refractivity contribution in [1.29, 1.82) is 0 Å². The molecule has 0 heterocycles. The first-order valence-corrected chi connectivity index (χ1v) is 9.02. The first-order valence-electron chi connectivity index (χ1n) is 7.13. The molecule has 0 saturated heterocycles. The van der Waals surface area contributed by atoms with Gasteiger partial charge in [-0.1, -0.05) is 44.2 Å². The normalized spacial score (nSPS) is 18.6. The van der Waals surface area contributed by atoms with Crippen molar-refractivity contribution in [2.45, 2.75) is 55.9 Å². The fourth-order valence-electron chi connectivity index (χ4n) is 2.73. The van der Waals surface area contributed by atoms with Gasteiger partial charge in [-0.3, -0.25) is 0 Å². The maximum Gasteiger partial charge on any atom is 0.177 e. The molecule has 0 aromatic heterocycles. The van der Waals surface area contributed by atoms with Gasteiger partial charge in [-0.2, -0.15) is 0 Å². The van der Waals surface area contributed by atoms with Gasteiger partial charge in [-0.25, -0.2) is 8.42 Å². The van der Waals surface area contributed by atoms with E-state index in [9.17, 15) is 8.42 Å². The minimum absolute atomic E-state index is 0.406. The number of para-hydroxylation sites is 1. The molecular weight excluding hydrogens is 258 g/mol. The Labute approximate surface area is 116 Å². The van der Waals surface area contributed by atoms with E-state index in [1.54, 1.807) is 12.1 Å². The predicted molar refractivity (Wildman–Crippen MR) is 79.3 cm³/mol. The number of sulfone groups is 1. The Kier molecular flexibility index (Phi) is 4.86. The zero-order valence-electron chi connectivity index (χ0n) is 11.6. The van der Waals surface area contributed by atoms with E-state index in [1.165, 1.54) is 38.4 Å². The van der Waals surface area contributed by atoms with Crippen molar-refractivity contribution in [3.8, 4) is 0 Å². The molecule has 4 heteroatoms. The highest BCUT2D eigenvalue weighted by Gasteiger charge is 2.16.